The smallest absolute Gasteiger partial charge is 0.109 e. The quantitative estimate of drug-likeness (QED) is 0.728. The lowest BCUT2D eigenvalue weighted by Gasteiger charge is -2.19. The highest BCUT2D eigenvalue weighted by molar-refractivity contribution is 5.57. The first kappa shape index (κ1) is 9.58. The number of imidazole rings is 1. The molecule has 0 saturated heterocycles. The van der Waals surface area contributed by atoms with Gasteiger partial charge in [0.2, 0.25) is 0 Å². The molecule has 3 heterocycles. The summed E-state index contributed by atoms with van der Waals surface area (Å²) >= 11 is 0. The van der Waals surface area contributed by atoms with Crippen LogP contribution in [0.5, 0.6) is 0 Å². The number of hydrogen-bond donors (Lipinski definition) is 0. The highest BCUT2D eigenvalue weighted by Gasteiger charge is 2.17. The van der Waals surface area contributed by atoms with E-state index in [0.29, 0.717) is 0 Å². The Morgan fingerprint density at radius 3 is 2.94 bits per heavy atom. The predicted octanol–water partition coefficient (Wildman–Crippen LogP) is 2.53. The predicted molar refractivity (Wildman–Crippen MR) is 62.9 cm³/mol. The molecule has 0 amide bonds. The van der Waals surface area contributed by atoms with Gasteiger partial charge in [0.15, 0.2) is 0 Å². The van der Waals surface area contributed by atoms with Crippen LogP contribution in [0.1, 0.15) is 19.2 Å². The first-order valence-electron chi connectivity index (χ1n) is 5.79. The van der Waals surface area contributed by atoms with Crippen LogP contribution in [-0.4, -0.2) is 14.5 Å². The summed E-state index contributed by atoms with van der Waals surface area (Å²) in [6.07, 6.45) is 8.16. The fraction of sp³-hybridized carbons (Fsp3) is 0.385. The summed E-state index contributed by atoms with van der Waals surface area (Å²) in [5.74, 6) is 2.00. The Kier molecular flexibility index (Phi) is 2.24. The van der Waals surface area contributed by atoms with Crippen LogP contribution in [0.15, 0.2) is 30.7 Å². The van der Waals surface area contributed by atoms with E-state index in [2.05, 4.69) is 22.7 Å². The van der Waals surface area contributed by atoms with Gasteiger partial charge in [-0.1, -0.05) is 6.92 Å². The van der Waals surface area contributed by atoms with Crippen LogP contribution < -0.4 is 0 Å². The fourth-order valence-corrected chi connectivity index (χ4v) is 2.28. The Morgan fingerprint density at radius 1 is 1.31 bits per heavy atom. The van der Waals surface area contributed by atoms with Gasteiger partial charge in [-0.2, -0.15) is 0 Å². The van der Waals surface area contributed by atoms with E-state index in [4.69, 9.17) is 4.98 Å². The van der Waals surface area contributed by atoms with Gasteiger partial charge in [-0.15, -0.1) is 0 Å². The Balaban J connectivity index is 1.99. The molecule has 0 fully saturated rings. The maximum atomic E-state index is 4.69. The van der Waals surface area contributed by atoms with Gasteiger partial charge < -0.3 is 4.57 Å². The molecule has 0 aliphatic carbocycles. The molecule has 3 nitrogen and oxygen atoms in total. The third-order valence-electron chi connectivity index (χ3n) is 3.20. The van der Waals surface area contributed by atoms with Crippen molar-refractivity contribution in [2.45, 2.75) is 26.3 Å². The van der Waals surface area contributed by atoms with Gasteiger partial charge >= 0.3 is 0 Å². The normalized spacial score (nSPS) is 19.4. The first-order chi connectivity index (χ1) is 7.83. The minimum atomic E-state index is 0.770. The van der Waals surface area contributed by atoms with Crippen molar-refractivity contribution >= 4 is 0 Å². The van der Waals surface area contributed by atoms with Gasteiger partial charge in [-0.3, -0.25) is 4.98 Å². The van der Waals surface area contributed by atoms with E-state index in [1.54, 1.807) is 0 Å². The largest absolute Gasteiger partial charge is 0.334 e. The summed E-state index contributed by atoms with van der Waals surface area (Å²) in [5, 5.41) is 0. The maximum absolute atomic E-state index is 4.69. The second-order valence-electron chi connectivity index (χ2n) is 4.57. The molecular formula is C13H15N3. The van der Waals surface area contributed by atoms with Crippen LogP contribution in [0.4, 0.5) is 0 Å². The monoisotopic (exact) mass is 213 g/mol. The van der Waals surface area contributed by atoms with E-state index < -0.39 is 0 Å². The summed E-state index contributed by atoms with van der Waals surface area (Å²) in [4.78, 5) is 8.72. The third-order valence-corrected chi connectivity index (χ3v) is 3.20. The molecule has 1 atom stereocenters. The summed E-state index contributed by atoms with van der Waals surface area (Å²) < 4.78 is 2.30. The van der Waals surface area contributed by atoms with Crippen molar-refractivity contribution in [1.82, 2.24) is 14.5 Å². The minimum Gasteiger partial charge on any atom is -0.334 e. The first-order valence-corrected chi connectivity index (χ1v) is 5.79. The number of nitrogens with zero attached hydrogens (tertiary/aromatic N) is 3. The van der Waals surface area contributed by atoms with Crippen molar-refractivity contribution in [2.75, 3.05) is 0 Å². The molecule has 0 N–H and O–H groups in total. The lowest BCUT2D eigenvalue weighted by atomic mass is 10.0. The molecule has 16 heavy (non-hydrogen) atoms. The van der Waals surface area contributed by atoms with Gasteiger partial charge in [-0.25, -0.2) is 4.98 Å². The van der Waals surface area contributed by atoms with E-state index in [9.17, 15) is 0 Å². The van der Waals surface area contributed by atoms with Crippen LogP contribution in [0.2, 0.25) is 0 Å². The lowest BCUT2D eigenvalue weighted by molar-refractivity contribution is 0.394. The molecule has 82 valence electrons. The topological polar surface area (TPSA) is 30.7 Å². The van der Waals surface area contributed by atoms with Crippen molar-refractivity contribution in [1.29, 1.82) is 0 Å². The molecular weight excluding hydrogens is 198 g/mol. The van der Waals surface area contributed by atoms with Gasteiger partial charge in [0.05, 0.1) is 5.69 Å². The summed E-state index contributed by atoms with van der Waals surface area (Å²) in [5.41, 5.74) is 2.23. The second kappa shape index (κ2) is 3.74. The molecule has 1 aliphatic heterocycles. The van der Waals surface area contributed by atoms with Crippen LogP contribution in [0.3, 0.4) is 0 Å². The van der Waals surface area contributed by atoms with Crippen LogP contribution >= 0.6 is 0 Å². The van der Waals surface area contributed by atoms with Crippen molar-refractivity contribution in [3.8, 4) is 11.3 Å². The van der Waals surface area contributed by atoms with E-state index in [-0.39, 0.29) is 0 Å². The third kappa shape index (κ3) is 1.62. The van der Waals surface area contributed by atoms with Crippen LogP contribution in [0, 0.1) is 5.92 Å². The van der Waals surface area contributed by atoms with Crippen molar-refractivity contribution in [2.24, 2.45) is 5.92 Å². The number of aryl methyl sites for hydroxylation is 1. The zero-order chi connectivity index (χ0) is 11.0. The molecule has 0 spiro atoms. The van der Waals surface area contributed by atoms with Gasteiger partial charge in [0, 0.05) is 37.1 Å². The summed E-state index contributed by atoms with van der Waals surface area (Å²) in [6.45, 7) is 3.41. The molecule has 0 radical (unpaired) electrons. The molecule has 2 aromatic heterocycles. The number of fused-ring (bicyclic) bond motifs is 1. The number of hydrogen-bond acceptors (Lipinski definition) is 2. The van der Waals surface area contributed by atoms with Crippen LogP contribution in [0.25, 0.3) is 11.3 Å². The van der Waals surface area contributed by atoms with Crippen molar-refractivity contribution in [3.63, 3.8) is 0 Å². The second-order valence-corrected chi connectivity index (χ2v) is 4.57. The van der Waals surface area contributed by atoms with Gasteiger partial charge in [0.25, 0.3) is 0 Å². The standard InChI is InChI=1S/C13H15N3/c1-10-2-3-13-15-12(9-16(13)8-10)11-4-6-14-7-5-11/h4-7,9-10H,2-3,8H2,1H3/t10-/m1/s1. The maximum Gasteiger partial charge on any atom is 0.109 e. The Labute approximate surface area is 95.2 Å². The molecule has 0 saturated carbocycles. The molecule has 0 bridgehead atoms. The van der Waals surface area contributed by atoms with E-state index in [0.717, 1.165) is 30.1 Å². The van der Waals surface area contributed by atoms with Gasteiger partial charge in [0.1, 0.15) is 5.82 Å². The number of rotatable bonds is 1. The van der Waals surface area contributed by atoms with Crippen molar-refractivity contribution in [3.05, 3.63) is 36.5 Å². The van der Waals surface area contributed by atoms with Crippen LogP contribution in [-0.2, 0) is 13.0 Å². The van der Waals surface area contributed by atoms with Crippen molar-refractivity contribution < 1.29 is 0 Å². The van der Waals surface area contributed by atoms with E-state index >= 15 is 0 Å². The lowest BCUT2D eigenvalue weighted by Crippen LogP contribution is -2.17. The molecule has 3 heteroatoms. The minimum absolute atomic E-state index is 0.770. The highest BCUT2D eigenvalue weighted by atomic mass is 15.1. The SMILES string of the molecule is C[C@@H]1CCc2nc(-c3ccncc3)cn2C1. The Bertz CT molecular complexity index is 487. The molecule has 1 aliphatic rings. The Hall–Kier alpha value is -1.64. The fourth-order valence-electron chi connectivity index (χ4n) is 2.28. The zero-order valence-electron chi connectivity index (χ0n) is 9.43. The summed E-state index contributed by atoms with van der Waals surface area (Å²) in [7, 11) is 0. The summed E-state index contributed by atoms with van der Waals surface area (Å²) in [6, 6.07) is 4.02. The average molecular weight is 213 g/mol. The molecule has 0 aromatic carbocycles. The van der Waals surface area contributed by atoms with Gasteiger partial charge in [-0.05, 0) is 24.5 Å². The molecule has 3 rings (SSSR count). The van der Waals surface area contributed by atoms with E-state index in [1.165, 1.54) is 12.2 Å². The molecule has 0 unspecified atom stereocenters. The highest BCUT2D eigenvalue weighted by Crippen LogP contribution is 2.24. The van der Waals surface area contributed by atoms with E-state index in [1.807, 2.05) is 24.5 Å². The zero-order valence-corrected chi connectivity index (χ0v) is 9.43. The Morgan fingerprint density at radius 2 is 2.12 bits per heavy atom. The number of pyridine rings is 1. The molecule has 2 aromatic rings. The number of aromatic nitrogens is 3. The average Bonchev–Trinajstić information content (AvgIpc) is 2.73.